The lowest BCUT2D eigenvalue weighted by Gasteiger charge is -2.20. The Bertz CT molecular complexity index is 1140. The molecule has 5 rings (SSSR count). The summed E-state index contributed by atoms with van der Waals surface area (Å²) < 4.78 is 0. The van der Waals surface area contributed by atoms with Crippen LogP contribution in [0.4, 0.5) is 0 Å². The van der Waals surface area contributed by atoms with E-state index < -0.39 is 0 Å². The summed E-state index contributed by atoms with van der Waals surface area (Å²) >= 11 is 0. The van der Waals surface area contributed by atoms with E-state index in [2.05, 4.69) is 76.2 Å². The molecule has 0 aliphatic rings. The van der Waals surface area contributed by atoms with Crippen LogP contribution in [-0.4, -0.2) is 0 Å². The van der Waals surface area contributed by atoms with E-state index in [4.69, 9.17) is 0 Å². The van der Waals surface area contributed by atoms with Crippen LogP contribution in [0, 0.1) is 0 Å². The van der Waals surface area contributed by atoms with Gasteiger partial charge in [0.1, 0.15) is 0 Å². The van der Waals surface area contributed by atoms with E-state index in [0.29, 0.717) is 0 Å². The van der Waals surface area contributed by atoms with Crippen molar-refractivity contribution >= 4 is 43.1 Å². The highest BCUT2D eigenvalue weighted by Gasteiger charge is 2.18. The number of aryl methyl sites for hydroxylation is 4. The van der Waals surface area contributed by atoms with Crippen LogP contribution in [0.2, 0.25) is 0 Å². The van der Waals surface area contributed by atoms with Crippen LogP contribution >= 0.6 is 0 Å². The fourth-order valence-electron chi connectivity index (χ4n) is 5.36. The normalized spacial score (nSPS) is 10.1. The summed E-state index contributed by atoms with van der Waals surface area (Å²) in [6.45, 7) is 25.1. The van der Waals surface area contributed by atoms with Crippen LogP contribution in [0.15, 0.2) is 48.5 Å². The van der Waals surface area contributed by atoms with Gasteiger partial charge in [-0.05, 0) is 91.0 Å². The second kappa shape index (κ2) is 15.5. The summed E-state index contributed by atoms with van der Waals surface area (Å²) in [6, 6.07) is 19.0. The quantitative estimate of drug-likeness (QED) is 0.176. The van der Waals surface area contributed by atoms with E-state index in [9.17, 15) is 0 Å². The molecule has 0 aliphatic heterocycles. The molecule has 0 N–H and O–H groups in total. The Kier molecular flexibility index (Phi) is 13.5. The van der Waals surface area contributed by atoms with E-state index >= 15 is 0 Å². The number of benzene rings is 5. The molecular weight excluding hydrogens is 432 g/mol. The molecule has 36 heavy (non-hydrogen) atoms. The summed E-state index contributed by atoms with van der Waals surface area (Å²) in [5, 5.41) is 11.6. The highest BCUT2D eigenvalue weighted by molar-refractivity contribution is 6.34. The number of rotatable bonds is 4. The SMILES string of the molecule is CC.CC.CC.CC.CCc1ccc2c3ccc(CC)c4c(CC)ccc(c5ccc(CC)c1c25)c43. The zero-order valence-corrected chi connectivity index (χ0v) is 25.4. The maximum absolute atomic E-state index is 2.38. The molecule has 196 valence electrons. The fourth-order valence-corrected chi connectivity index (χ4v) is 5.36. The summed E-state index contributed by atoms with van der Waals surface area (Å²) in [6.07, 6.45) is 4.33. The highest BCUT2D eigenvalue weighted by atomic mass is 14.2. The first-order valence-electron chi connectivity index (χ1n) is 14.9. The van der Waals surface area contributed by atoms with Crippen molar-refractivity contribution in [3.63, 3.8) is 0 Å². The first-order valence-corrected chi connectivity index (χ1v) is 14.9. The third-order valence-corrected chi connectivity index (χ3v) is 6.77. The third kappa shape index (κ3) is 5.39. The molecule has 0 saturated heterocycles. The maximum Gasteiger partial charge on any atom is -0.00208 e. The van der Waals surface area contributed by atoms with Gasteiger partial charge in [-0.25, -0.2) is 0 Å². The fraction of sp³-hybridized carbons (Fsp3) is 0.444. The van der Waals surface area contributed by atoms with Gasteiger partial charge in [-0.2, -0.15) is 0 Å². The Morgan fingerprint density at radius 3 is 0.667 bits per heavy atom. The van der Waals surface area contributed by atoms with Crippen molar-refractivity contribution in [2.45, 2.75) is 109 Å². The van der Waals surface area contributed by atoms with Crippen molar-refractivity contribution in [3.8, 4) is 0 Å². The molecule has 0 fully saturated rings. The minimum absolute atomic E-state index is 1.08. The van der Waals surface area contributed by atoms with Gasteiger partial charge in [-0.1, -0.05) is 132 Å². The number of hydrogen-bond donors (Lipinski definition) is 0. The Labute approximate surface area is 222 Å². The van der Waals surface area contributed by atoms with Gasteiger partial charge in [-0.3, -0.25) is 0 Å². The molecule has 0 aromatic heterocycles. The summed E-state index contributed by atoms with van der Waals surface area (Å²) in [4.78, 5) is 0. The van der Waals surface area contributed by atoms with Crippen molar-refractivity contribution in [2.75, 3.05) is 0 Å². The van der Waals surface area contributed by atoms with Crippen LogP contribution in [0.5, 0.6) is 0 Å². The predicted molar refractivity (Wildman–Crippen MR) is 171 cm³/mol. The second-order valence-electron chi connectivity index (χ2n) is 8.00. The van der Waals surface area contributed by atoms with Crippen LogP contribution < -0.4 is 0 Å². The molecule has 0 aliphatic carbocycles. The minimum Gasteiger partial charge on any atom is -0.0683 e. The molecule has 0 atom stereocenters. The Hall–Kier alpha value is -2.60. The van der Waals surface area contributed by atoms with Gasteiger partial charge in [0.05, 0.1) is 0 Å². The van der Waals surface area contributed by atoms with Crippen molar-refractivity contribution in [1.29, 1.82) is 0 Å². The summed E-state index contributed by atoms with van der Waals surface area (Å²) in [5.74, 6) is 0. The van der Waals surface area contributed by atoms with Gasteiger partial charge in [0.25, 0.3) is 0 Å². The third-order valence-electron chi connectivity index (χ3n) is 6.77. The molecule has 0 spiro atoms. The average molecular weight is 485 g/mol. The van der Waals surface area contributed by atoms with Gasteiger partial charge >= 0.3 is 0 Å². The van der Waals surface area contributed by atoms with Crippen molar-refractivity contribution < 1.29 is 0 Å². The van der Waals surface area contributed by atoms with E-state index in [1.165, 1.54) is 65.3 Å². The van der Waals surface area contributed by atoms with Gasteiger partial charge in [0.2, 0.25) is 0 Å². The minimum atomic E-state index is 1.08. The van der Waals surface area contributed by atoms with E-state index in [-0.39, 0.29) is 0 Å². The Morgan fingerprint density at radius 2 is 0.500 bits per heavy atom. The molecule has 0 heteroatoms. The lowest BCUT2D eigenvalue weighted by molar-refractivity contribution is 1.12. The monoisotopic (exact) mass is 484 g/mol. The van der Waals surface area contributed by atoms with E-state index in [0.717, 1.165) is 25.7 Å². The number of fused-ring (bicyclic) bond motifs is 2. The smallest absolute Gasteiger partial charge is 0.00208 e. The molecule has 0 bridgehead atoms. The average Bonchev–Trinajstić information content (AvgIpc) is 2.99. The van der Waals surface area contributed by atoms with Crippen LogP contribution in [0.3, 0.4) is 0 Å². The molecule has 0 saturated carbocycles. The molecule has 0 heterocycles. The molecule has 0 nitrogen and oxygen atoms in total. The zero-order chi connectivity index (χ0) is 27.4. The topological polar surface area (TPSA) is 0 Å². The standard InChI is InChI=1S/C28H28.4C2H6/c1-5-17-9-13-21-23-15-11-19(7-3)26-20(8-4)12-16-24(28(23)26)22-14-10-18(6-2)25(17)27(21)22;4*1-2/h9-16H,5-8H2,1-4H3;4*1-2H3. The second-order valence-corrected chi connectivity index (χ2v) is 8.00. The molecule has 0 amide bonds. The van der Waals surface area contributed by atoms with Gasteiger partial charge < -0.3 is 0 Å². The maximum atomic E-state index is 2.38. The van der Waals surface area contributed by atoms with E-state index in [1.807, 2.05) is 55.4 Å². The Morgan fingerprint density at radius 1 is 0.306 bits per heavy atom. The van der Waals surface area contributed by atoms with Crippen molar-refractivity contribution in [3.05, 3.63) is 70.8 Å². The Balaban J connectivity index is 0.000000741. The predicted octanol–water partition coefficient (Wildman–Crippen LogP) is 12.1. The van der Waals surface area contributed by atoms with Crippen LogP contribution in [-0.2, 0) is 25.7 Å². The highest BCUT2D eigenvalue weighted by Crippen LogP contribution is 2.44. The largest absolute Gasteiger partial charge is 0.0683 e. The summed E-state index contributed by atoms with van der Waals surface area (Å²) in [5.41, 5.74) is 5.92. The van der Waals surface area contributed by atoms with Crippen LogP contribution in [0.1, 0.15) is 105 Å². The van der Waals surface area contributed by atoms with Crippen molar-refractivity contribution in [2.24, 2.45) is 0 Å². The van der Waals surface area contributed by atoms with E-state index in [1.54, 1.807) is 0 Å². The molecule has 5 aromatic carbocycles. The van der Waals surface area contributed by atoms with Gasteiger partial charge in [-0.15, -0.1) is 0 Å². The zero-order valence-electron chi connectivity index (χ0n) is 25.4. The first-order chi connectivity index (χ1) is 17.7. The van der Waals surface area contributed by atoms with Crippen molar-refractivity contribution in [1.82, 2.24) is 0 Å². The lowest BCUT2D eigenvalue weighted by Crippen LogP contribution is -1.97. The lowest BCUT2D eigenvalue weighted by atomic mass is 9.83. The van der Waals surface area contributed by atoms with Crippen LogP contribution in [0.25, 0.3) is 43.1 Å². The first kappa shape index (κ1) is 31.4. The summed E-state index contributed by atoms with van der Waals surface area (Å²) in [7, 11) is 0. The molecule has 0 unspecified atom stereocenters. The molecule has 0 radical (unpaired) electrons. The molecule has 5 aromatic rings. The molecular formula is C36H52. The van der Waals surface area contributed by atoms with Gasteiger partial charge in [0, 0.05) is 0 Å². The number of hydrogen-bond acceptors (Lipinski definition) is 0. The van der Waals surface area contributed by atoms with Gasteiger partial charge in [0.15, 0.2) is 0 Å².